The highest BCUT2D eigenvalue weighted by Gasteiger charge is 2.71. The molecule has 5 fully saturated rings. The quantitative estimate of drug-likeness (QED) is 0.376. The number of hydrazone groups is 1. The molecule has 1 spiro atoms. The number of nitrogens with one attached hydrogen (secondary N) is 3. The smallest absolute Gasteiger partial charge is 0.332 e. The third-order valence-corrected chi connectivity index (χ3v) is 11.1. The number of carbonyl (C=O) groups excluding carboxylic acids is 2. The van der Waals surface area contributed by atoms with E-state index in [0.717, 1.165) is 31.4 Å². The number of hydrogen-bond acceptors (Lipinski definition) is 6. The van der Waals surface area contributed by atoms with Crippen LogP contribution in [0.3, 0.4) is 0 Å². The van der Waals surface area contributed by atoms with Crippen molar-refractivity contribution in [2.24, 2.45) is 51.3 Å². The number of fused-ring (bicyclic) bond motifs is 3. The molecule has 2 aliphatic heterocycles. The molecule has 35 heavy (non-hydrogen) atoms. The molecule has 3 amide bonds. The van der Waals surface area contributed by atoms with Gasteiger partial charge in [0.15, 0.2) is 0 Å². The lowest BCUT2D eigenvalue weighted by Crippen LogP contribution is -2.75. The Labute approximate surface area is 208 Å². The van der Waals surface area contributed by atoms with Gasteiger partial charge in [-0.1, -0.05) is 27.7 Å². The summed E-state index contributed by atoms with van der Waals surface area (Å²) < 4.78 is 7.44. The van der Waals surface area contributed by atoms with Crippen LogP contribution >= 0.6 is 0 Å². The van der Waals surface area contributed by atoms with Crippen LogP contribution in [0, 0.1) is 40.4 Å². The Hall–Kier alpha value is -1.71. The lowest BCUT2D eigenvalue weighted by Gasteiger charge is -2.70. The maximum absolute atomic E-state index is 12.7. The number of aliphatic hydroxyl groups excluding tert-OH is 1. The van der Waals surface area contributed by atoms with Crippen LogP contribution in [-0.4, -0.2) is 59.7 Å². The number of nitrogens with zero attached hydrogens (tertiary/aromatic N) is 1. The second-order valence-electron chi connectivity index (χ2n) is 12.8. The van der Waals surface area contributed by atoms with E-state index < -0.39 is 17.7 Å². The predicted octanol–water partition coefficient (Wildman–Crippen LogP) is 1.74. The standard InChI is InChI=1S/C26H43N5O4/c1-12-7-8-18-24(3,4)21(30-31-23(27)34)16(28-6)11-26(18)25(12,5)10-15-17(32)9-14-19(20(15)35-26)13(2)29-22(14)33/h12-20,28,32H,7-11H2,1-6H3,(H,29,33)(H3,27,31,34). The highest BCUT2D eigenvalue weighted by atomic mass is 16.5. The van der Waals surface area contributed by atoms with Crippen LogP contribution in [0.1, 0.15) is 66.7 Å². The Morgan fingerprint density at radius 1 is 1.23 bits per heavy atom. The van der Waals surface area contributed by atoms with Crippen molar-refractivity contribution in [2.75, 3.05) is 7.05 Å². The van der Waals surface area contributed by atoms with Crippen molar-refractivity contribution in [3.8, 4) is 0 Å². The van der Waals surface area contributed by atoms with Gasteiger partial charge in [-0.2, -0.15) is 5.10 Å². The first-order chi connectivity index (χ1) is 16.4. The summed E-state index contributed by atoms with van der Waals surface area (Å²) in [4.78, 5) is 24.2. The van der Waals surface area contributed by atoms with Gasteiger partial charge in [0.25, 0.3) is 0 Å². The number of hydrogen-bond donors (Lipinski definition) is 5. The van der Waals surface area contributed by atoms with Gasteiger partial charge in [-0.15, -0.1) is 0 Å². The zero-order valence-electron chi connectivity index (χ0n) is 21.9. The van der Waals surface area contributed by atoms with Gasteiger partial charge in [-0.3, -0.25) is 4.79 Å². The van der Waals surface area contributed by atoms with E-state index in [1.165, 1.54) is 0 Å². The van der Waals surface area contributed by atoms with Crippen molar-refractivity contribution in [3.63, 3.8) is 0 Å². The second kappa shape index (κ2) is 8.15. The maximum atomic E-state index is 12.7. The molecular weight excluding hydrogens is 446 g/mol. The minimum absolute atomic E-state index is 0.0194. The van der Waals surface area contributed by atoms with Crippen LogP contribution in [0.15, 0.2) is 5.10 Å². The molecule has 9 heteroatoms. The average Bonchev–Trinajstić information content (AvgIpc) is 3.05. The number of ether oxygens (including phenoxy) is 1. The van der Waals surface area contributed by atoms with Gasteiger partial charge in [0, 0.05) is 29.2 Å². The summed E-state index contributed by atoms with van der Waals surface area (Å²) in [5.74, 6) is 0.539. The van der Waals surface area contributed by atoms with Gasteiger partial charge in [-0.25, -0.2) is 10.2 Å². The molecule has 0 bridgehead atoms. The zero-order chi connectivity index (χ0) is 25.5. The molecule has 11 unspecified atom stereocenters. The predicted molar refractivity (Wildman–Crippen MR) is 132 cm³/mol. The third kappa shape index (κ3) is 3.33. The van der Waals surface area contributed by atoms with Crippen molar-refractivity contribution in [3.05, 3.63) is 0 Å². The van der Waals surface area contributed by atoms with E-state index in [9.17, 15) is 14.7 Å². The van der Waals surface area contributed by atoms with Gasteiger partial charge in [0.1, 0.15) is 0 Å². The molecule has 3 aliphatic carbocycles. The summed E-state index contributed by atoms with van der Waals surface area (Å²) in [7, 11) is 1.93. The van der Waals surface area contributed by atoms with Crippen LogP contribution in [0.2, 0.25) is 0 Å². The molecule has 0 aromatic heterocycles. The first-order valence-corrected chi connectivity index (χ1v) is 13.3. The van der Waals surface area contributed by atoms with E-state index in [-0.39, 0.29) is 58.6 Å². The number of carbonyl (C=O) groups is 2. The highest BCUT2D eigenvalue weighted by molar-refractivity contribution is 5.96. The largest absolute Gasteiger partial charge is 0.393 e. The van der Waals surface area contributed by atoms with E-state index in [4.69, 9.17) is 10.5 Å². The van der Waals surface area contributed by atoms with Crippen LogP contribution in [-0.2, 0) is 9.53 Å². The van der Waals surface area contributed by atoms with Crippen molar-refractivity contribution in [2.45, 2.75) is 96.6 Å². The molecule has 2 heterocycles. The van der Waals surface area contributed by atoms with Crippen molar-refractivity contribution >= 4 is 17.6 Å². The van der Waals surface area contributed by atoms with Crippen LogP contribution in [0.25, 0.3) is 0 Å². The lowest BCUT2D eigenvalue weighted by molar-refractivity contribution is -0.321. The van der Waals surface area contributed by atoms with E-state index in [0.29, 0.717) is 12.3 Å². The summed E-state index contributed by atoms with van der Waals surface area (Å²) in [5, 5.41) is 22.3. The van der Waals surface area contributed by atoms with Crippen molar-refractivity contribution < 1.29 is 19.4 Å². The average molecular weight is 490 g/mol. The number of rotatable bonds is 2. The first-order valence-electron chi connectivity index (χ1n) is 13.3. The molecule has 3 saturated carbocycles. The summed E-state index contributed by atoms with van der Waals surface area (Å²) in [5.41, 5.74) is 7.79. The van der Waals surface area contributed by atoms with Gasteiger partial charge in [0.05, 0.1) is 29.6 Å². The molecule has 196 valence electrons. The topological polar surface area (TPSA) is 138 Å². The molecule has 6 N–H and O–H groups in total. The Balaban J connectivity index is 1.62. The van der Waals surface area contributed by atoms with Crippen LogP contribution in [0.4, 0.5) is 4.79 Å². The number of amides is 3. The lowest BCUT2D eigenvalue weighted by atomic mass is 9.41. The summed E-state index contributed by atoms with van der Waals surface area (Å²) in [6, 6.07) is -0.738. The molecule has 5 rings (SSSR count). The first kappa shape index (κ1) is 25.0. The summed E-state index contributed by atoms with van der Waals surface area (Å²) in [6.07, 6.45) is 3.50. The molecule has 2 saturated heterocycles. The van der Waals surface area contributed by atoms with E-state index in [1.54, 1.807) is 0 Å². The molecule has 0 aromatic carbocycles. The normalized spacial score (nSPS) is 51.5. The SMILES string of the molecule is CNC1CC23OC4C(CC2(C)C(C)CCC3C(C)(C)C1=NNC(N)=O)C(O)CC1C(=O)NC(C)C14. The Morgan fingerprint density at radius 3 is 2.60 bits per heavy atom. The van der Waals surface area contributed by atoms with Gasteiger partial charge in [0.2, 0.25) is 5.91 Å². The number of aliphatic hydroxyl groups is 1. The number of primary amides is 1. The Bertz CT molecular complexity index is 939. The molecule has 0 aromatic rings. The Morgan fingerprint density at radius 2 is 1.94 bits per heavy atom. The molecule has 5 aliphatic rings. The minimum Gasteiger partial charge on any atom is -0.393 e. The van der Waals surface area contributed by atoms with E-state index in [2.05, 4.69) is 55.8 Å². The minimum atomic E-state index is -0.670. The number of nitrogens with two attached hydrogens (primary N) is 1. The van der Waals surface area contributed by atoms with E-state index in [1.807, 2.05) is 7.05 Å². The third-order valence-electron chi connectivity index (χ3n) is 11.1. The van der Waals surface area contributed by atoms with E-state index >= 15 is 0 Å². The molecular formula is C26H43N5O4. The highest BCUT2D eigenvalue weighted by Crippen LogP contribution is 2.68. The van der Waals surface area contributed by atoms with Crippen LogP contribution in [0.5, 0.6) is 0 Å². The number of urea groups is 1. The van der Waals surface area contributed by atoms with Crippen molar-refractivity contribution in [1.29, 1.82) is 0 Å². The van der Waals surface area contributed by atoms with Crippen LogP contribution < -0.4 is 21.8 Å². The molecule has 9 nitrogen and oxygen atoms in total. The fraction of sp³-hybridized carbons (Fsp3) is 0.885. The van der Waals surface area contributed by atoms with Gasteiger partial charge < -0.3 is 26.2 Å². The molecule has 11 atom stereocenters. The zero-order valence-corrected chi connectivity index (χ0v) is 21.9. The summed E-state index contributed by atoms with van der Waals surface area (Å²) in [6.45, 7) is 11.2. The fourth-order valence-corrected chi connectivity index (χ4v) is 9.16. The fourth-order valence-electron chi connectivity index (χ4n) is 9.16. The Kier molecular flexibility index (Phi) is 5.81. The monoisotopic (exact) mass is 489 g/mol. The van der Waals surface area contributed by atoms with Gasteiger partial charge >= 0.3 is 6.03 Å². The summed E-state index contributed by atoms with van der Waals surface area (Å²) >= 11 is 0. The second-order valence-corrected chi connectivity index (χ2v) is 12.8. The van der Waals surface area contributed by atoms with Crippen molar-refractivity contribution in [1.82, 2.24) is 16.1 Å². The van der Waals surface area contributed by atoms with Gasteiger partial charge in [-0.05, 0) is 63.3 Å². The maximum Gasteiger partial charge on any atom is 0.332 e. The molecule has 0 radical (unpaired) electrons.